The van der Waals surface area contributed by atoms with Crippen molar-refractivity contribution in [3.05, 3.63) is 46.7 Å². The Kier molecular flexibility index (Phi) is 8.17. The number of carboxylic acids is 1. The quantitative estimate of drug-likeness (QED) is 0.292. The monoisotopic (exact) mass is 570 g/mol. The minimum atomic E-state index is -1.71. The lowest BCUT2D eigenvalue weighted by Gasteiger charge is -2.57. The second kappa shape index (κ2) is 11.4. The van der Waals surface area contributed by atoms with E-state index in [9.17, 15) is 30.1 Å². The number of carbonyl (C=O) groups is 2. The Bertz CT molecular complexity index is 1230. The molecule has 0 unspecified atom stereocenters. The predicted molar refractivity (Wildman–Crippen MR) is 150 cm³/mol. The number of rotatable bonds is 8. The molecular formula is C30H40N3O8-. The van der Waals surface area contributed by atoms with Crippen molar-refractivity contribution in [2.45, 2.75) is 83.5 Å². The Labute approximate surface area is 239 Å². The van der Waals surface area contributed by atoms with Crippen molar-refractivity contribution in [1.82, 2.24) is 5.32 Å². The number of oxime groups is 1. The van der Waals surface area contributed by atoms with E-state index in [0.717, 1.165) is 56.7 Å². The van der Waals surface area contributed by atoms with Gasteiger partial charge in [0.25, 0.3) is 5.91 Å². The molecule has 0 saturated heterocycles. The van der Waals surface area contributed by atoms with Crippen LogP contribution in [0.2, 0.25) is 0 Å². The predicted octanol–water partition coefficient (Wildman–Crippen LogP) is 3.68. The summed E-state index contributed by atoms with van der Waals surface area (Å²) in [5.74, 6) is -0.447. The van der Waals surface area contributed by atoms with E-state index in [0.29, 0.717) is 24.2 Å². The molecule has 1 aromatic carbocycles. The van der Waals surface area contributed by atoms with Crippen molar-refractivity contribution in [2.75, 3.05) is 11.8 Å². The molecule has 4 aliphatic rings. The second-order valence-electron chi connectivity index (χ2n) is 12.7. The zero-order valence-electron chi connectivity index (χ0n) is 23.5. The van der Waals surface area contributed by atoms with Gasteiger partial charge in [-0.2, -0.15) is 0 Å². The van der Waals surface area contributed by atoms with Gasteiger partial charge in [-0.15, -0.1) is 0 Å². The number of carboxylic acid groups (broad SMARTS) is 1. The number of carbonyl (C=O) groups excluding carboxylic acids is 1. The van der Waals surface area contributed by atoms with Crippen molar-refractivity contribution in [3.8, 4) is 0 Å². The third-order valence-electron chi connectivity index (χ3n) is 10.6. The number of aliphatic hydroxyl groups excluding tert-OH is 2. The average Bonchev–Trinajstić information content (AvgIpc) is 3.25. The average molecular weight is 571 g/mol. The van der Waals surface area contributed by atoms with Crippen LogP contribution in [0.5, 0.6) is 0 Å². The lowest BCUT2D eigenvalue weighted by Crippen LogP contribution is -2.51. The molecule has 0 radical (unpaired) electrons. The molecule has 1 amide bonds. The molecule has 11 heteroatoms. The van der Waals surface area contributed by atoms with Crippen LogP contribution in [0.1, 0.15) is 76.9 Å². The van der Waals surface area contributed by atoms with E-state index in [-0.39, 0.29) is 28.2 Å². The molecule has 224 valence electrons. The molecule has 5 N–H and O–H groups in total. The molecule has 0 aromatic heterocycles. The van der Waals surface area contributed by atoms with Gasteiger partial charge in [-0.25, -0.2) is 4.79 Å². The number of hydrogen-bond acceptors (Lipinski definition) is 9. The van der Waals surface area contributed by atoms with E-state index in [2.05, 4.69) is 30.4 Å². The van der Waals surface area contributed by atoms with E-state index < -0.39 is 35.9 Å². The summed E-state index contributed by atoms with van der Waals surface area (Å²) in [6.45, 7) is 4.13. The van der Waals surface area contributed by atoms with Crippen LogP contribution in [-0.2, 0) is 14.4 Å². The Hall–Kier alpha value is -2.99. The zero-order valence-corrected chi connectivity index (χ0v) is 23.5. The molecule has 1 aromatic rings. The lowest BCUT2D eigenvalue weighted by molar-refractivity contribution is -0.146. The number of nitrogens with zero attached hydrogens (tertiary/aromatic N) is 2. The van der Waals surface area contributed by atoms with Gasteiger partial charge in [0.1, 0.15) is 6.10 Å². The summed E-state index contributed by atoms with van der Waals surface area (Å²) in [4.78, 5) is 29.5. The Balaban J connectivity index is 1.19. The molecule has 0 bridgehead atoms. The van der Waals surface area contributed by atoms with Gasteiger partial charge in [-0.1, -0.05) is 36.7 Å². The molecule has 0 heterocycles. The van der Waals surface area contributed by atoms with Crippen LogP contribution in [0.25, 0.3) is 0 Å². The van der Waals surface area contributed by atoms with Gasteiger partial charge < -0.3 is 35.9 Å². The van der Waals surface area contributed by atoms with Crippen LogP contribution in [-0.4, -0.2) is 56.9 Å². The van der Waals surface area contributed by atoms with Gasteiger partial charge in [0, 0.05) is 0 Å². The molecule has 41 heavy (non-hydrogen) atoms. The summed E-state index contributed by atoms with van der Waals surface area (Å²) < 4.78 is 0. The molecule has 4 aliphatic carbocycles. The van der Waals surface area contributed by atoms with Gasteiger partial charge in [0.15, 0.2) is 12.6 Å². The summed E-state index contributed by atoms with van der Waals surface area (Å²) in [5, 5.41) is 57.0. The highest BCUT2D eigenvalue weighted by atomic mass is 16.8. The first kappa shape index (κ1) is 29.5. The van der Waals surface area contributed by atoms with Gasteiger partial charge in [0.05, 0.1) is 17.5 Å². The van der Waals surface area contributed by atoms with Gasteiger partial charge in [0.2, 0.25) is 0 Å². The number of amides is 1. The molecule has 8 atom stereocenters. The van der Waals surface area contributed by atoms with Crippen LogP contribution in [0.3, 0.4) is 0 Å². The van der Waals surface area contributed by atoms with Crippen LogP contribution >= 0.6 is 0 Å². The number of allylic oxidation sites excluding steroid dienone is 2. The van der Waals surface area contributed by atoms with E-state index in [1.165, 1.54) is 23.8 Å². The van der Waals surface area contributed by atoms with Gasteiger partial charge >= 0.3 is 5.97 Å². The summed E-state index contributed by atoms with van der Waals surface area (Å²) in [6, 6.07) is 3.45. The number of benzene rings is 1. The minimum absolute atomic E-state index is 0.0320. The summed E-state index contributed by atoms with van der Waals surface area (Å²) in [7, 11) is 0. The van der Waals surface area contributed by atoms with E-state index in [1.807, 2.05) is 0 Å². The maximum absolute atomic E-state index is 12.5. The standard InChI is InChI=1S/C30H40N3O8/c1-29-12-10-19(15-18(29)6-7-21-22-8-9-24(34)30(22,2)13-11-23(21)29)32-41-16-25(35)31-26(28(37)38)27(36)17-4-3-5-20(14-17)33(39)40/h3-5,14-15,21-24,26-27,34,36,39H,6-13,16H2,1-2H3,(H,31,35)(H,37,38)/q-1/t21-,22+,23+,24+,26+,27-,29+,30+/m1/s1. The maximum Gasteiger partial charge on any atom is 0.329 e. The van der Waals surface area contributed by atoms with Gasteiger partial charge in [-0.3, -0.25) is 10.0 Å². The van der Waals surface area contributed by atoms with Crippen LogP contribution < -0.4 is 10.5 Å². The van der Waals surface area contributed by atoms with Crippen molar-refractivity contribution in [3.63, 3.8) is 0 Å². The van der Waals surface area contributed by atoms with Crippen LogP contribution in [0, 0.1) is 33.8 Å². The topological polar surface area (TPSA) is 175 Å². The Morgan fingerprint density at radius 1 is 1.17 bits per heavy atom. The normalized spacial score (nSPS) is 34.9. The molecule has 3 fully saturated rings. The Morgan fingerprint density at radius 3 is 2.68 bits per heavy atom. The van der Waals surface area contributed by atoms with Crippen molar-refractivity contribution < 1.29 is 35.0 Å². The summed E-state index contributed by atoms with van der Waals surface area (Å²) >= 11 is 0. The van der Waals surface area contributed by atoms with E-state index in [1.54, 1.807) is 0 Å². The molecule has 5 rings (SSSR count). The molecular weight excluding hydrogens is 530 g/mol. The fourth-order valence-corrected chi connectivity index (χ4v) is 8.30. The fraction of sp³-hybridized carbons (Fsp3) is 0.633. The molecule has 0 aliphatic heterocycles. The van der Waals surface area contributed by atoms with Crippen molar-refractivity contribution in [1.29, 1.82) is 0 Å². The number of fused-ring (bicyclic) bond motifs is 5. The fourth-order valence-electron chi connectivity index (χ4n) is 8.30. The van der Waals surface area contributed by atoms with Crippen LogP contribution in [0.4, 0.5) is 5.69 Å². The number of hydrogen-bond donors (Lipinski definition) is 5. The maximum atomic E-state index is 12.5. The number of anilines is 1. The zero-order chi connectivity index (χ0) is 29.5. The van der Waals surface area contributed by atoms with Crippen molar-refractivity contribution in [2.24, 2.45) is 33.7 Å². The summed E-state index contributed by atoms with van der Waals surface area (Å²) in [5.41, 5.74) is 2.10. The SMILES string of the molecule is C[C@]12CC[C@H]3[C@H](CCC4=CC(=NOCC(=O)N[C@H](C(=O)O)[C@H](O)c5cccc(N([O-])O)c5)CC[C@@]43C)[C@@H]1CC[C@@H]2O. The second-order valence-corrected chi connectivity index (χ2v) is 12.7. The van der Waals surface area contributed by atoms with E-state index >= 15 is 0 Å². The highest BCUT2D eigenvalue weighted by molar-refractivity contribution is 5.96. The largest absolute Gasteiger partial charge is 0.733 e. The number of aliphatic carboxylic acids is 1. The highest BCUT2D eigenvalue weighted by Crippen LogP contribution is 2.65. The molecule has 11 nitrogen and oxygen atoms in total. The molecule has 3 saturated carbocycles. The lowest BCUT2D eigenvalue weighted by atomic mass is 9.47. The summed E-state index contributed by atoms with van der Waals surface area (Å²) in [6.07, 6.45) is 8.22. The highest BCUT2D eigenvalue weighted by Gasteiger charge is 2.58. The smallest absolute Gasteiger partial charge is 0.329 e. The molecule has 0 spiro atoms. The first-order valence-corrected chi connectivity index (χ1v) is 14.5. The number of aliphatic hydroxyl groups is 2. The van der Waals surface area contributed by atoms with Gasteiger partial charge in [-0.05, 0) is 104 Å². The number of nitrogens with one attached hydrogen (secondary N) is 1. The Morgan fingerprint density at radius 2 is 1.95 bits per heavy atom. The minimum Gasteiger partial charge on any atom is -0.733 e. The first-order chi connectivity index (χ1) is 19.4. The van der Waals surface area contributed by atoms with E-state index in [4.69, 9.17) is 10.0 Å². The van der Waals surface area contributed by atoms with Crippen LogP contribution in [0.15, 0.2) is 41.1 Å². The third kappa shape index (κ3) is 5.48. The first-order valence-electron chi connectivity index (χ1n) is 14.5. The third-order valence-corrected chi connectivity index (χ3v) is 10.6. The van der Waals surface area contributed by atoms with Crippen molar-refractivity contribution >= 4 is 23.3 Å².